The summed E-state index contributed by atoms with van der Waals surface area (Å²) in [6.45, 7) is 0.485. The topological polar surface area (TPSA) is 61.3 Å². The van der Waals surface area contributed by atoms with Crippen LogP contribution in [0.5, 0.6) is 5.75 Å². The highest BCUT2D eigenvalue weighted by molar-refractivity contribution is 7.80. The number of rotatable bonds is 4. The summed E-state index contributed by atoms with van der Waals surface area (Å²) in [5.41, 5.74) is 6.88. The highest BCUT2D eigenvalue weighted by atomic mass is 32.1. The average Bonchev–Trinajstić information content (AvgIpc) is 2.64. The first-order valence-electron chi connectivity index (χ1n) is 4.50. The second-order valence-electron chi connectivity index (χ2n) is 3.05. The predicted molar refractivity (Wildman–Crippen MR) is 60.9 cm³/mol. The smallest absolute Gasteiger partial charge is 0.181 e. The third-order valence-electron chi connectivity index (χ3n) is 1.92. The Labute approximate surface area is 92.0 Å². The van der Waals surface area contributed by atoms with Crippen molar-refractivity contribution in [1.82, 2.24) is 4.98 Å². The standard InChI is InChI=1S/C10H10N2O2S/c11-10(15)3-4-13-7-1-2-9-8(5-7)12-6-14-9/h1-2,5-6H,3-4H2,(H2,11,15). The van der Waals surface area contributed by atoms with E-state index in [9.17, 15) is 0 Å². The summed E-state index contributed by atoms with van der Waals surface area (Å²) < 4.78 is 10.6. The average molecular weight is 222 g/mol. The summed E-state index contributed by atoms with van der Waals surface area (Å²) >= 11 is 4.74. The molecule has 0 saturated heterocycles. The maximum atomic E-state index is 5.45. The first-order valence-corrected chi connectivity index (χ1v) is 4.91. The van der Waals surface area contributed by atoms with E-state index >= 15 is 0 Å². The van der Waals surface area contributed by atoms with Crippen LogP contribution in [0.15, 0.2) is 29.0 Å². The van der Waals surface area contributed by atoms with Crippen LogP contribution in [-0.4, -0.2) is 16.6 Å². The highest BCUT2D eigenvalue weighted by Gasteiger charge is 2.00. The third kappa shape index (κ3) is 2.44. The van der Waals surface area contributed by atoms with E-state index in [-0.39, 0.29) is 0 Å². The molecule has 0 radical (unpaired) electrons. The number of ether oxygens (including phenoxy) is 1. The van der Waals surface area contributed by atoms with Crippen LogP contribution in [0.2, 0.25) is 0 Å². The van der Waals surface area contributed by atoms with E-state index in [1.54, 1.807) is 0 Å². The maximum absolute atomic E-state index is 5.45. The minimum Gasteiger partial charge on any atom is -0.493 e. The van der Waals surface area contributed by atoms with E-state index in [1.165, 1.54) is 6.39 Å². The van der Waals surface area contributed by atoms with Gasteiger partial charge in [-0.2, -0.15) is 0 Å². The number of hydrogen-bond donors (Lipinski definition) is 1. The van der Waals surface area contributed by atoms with Crippen LogP contribution in [0.3, 0.4) is 0 Å². The monoisotopic (exact) mass is 222 g/mol. The Balaban J connectivity index is 2.04. The molecule has 1 aromatic heterocycles. The molecule has 0 saturated carbocycles. The van der Waals surface area contributed by atoms with Crippen molar-refractivity contribution in [2.45, 2.75) is 6.42 Å². The molecule has 0 amide bonds. The largest absolute Gasteiger partial charge is 0.493 e. The Morgan fingerprint density at radius 1 is 1.53 bits per heavy atom. The molecule has 0 bridgehead atoms. The molecule has 0 atom stereocenters. The van der Waals surface area contributed by atoms with Crippen LogP contribution in [-0.2, 0) is 0 Å². The number of nitrogens with two attached hydrogens (primary N) is 1. The van der Waals surface area contributed by atoms with Gasteiger partial charge >= 0.3 is 0 Å². The molecule has 0 aliphatic rings. The Morgan fingerprint density at radius 2 is 2.40 bits per heavy atom. The Hall–Kier alpha value is -1.62. The normalized spacial score (nSPS) is 10.4. The summed E-state index contributed by atoms with van der Waals surface area (Å²) in [7, 11) is 0. The molecule has 2 N–H and O–H groups in total. The predicted octanol–water partition coefficient (Wildman–Crippen LogP) is 1.88. The maximum Gasteiger partial charge on any atom is 0.181 e. The number of nitrogens with zero attached hydrogens (tertiary/aromatic N) is 1. The molecule has 1 aromatic carbocycles. The SMILES string of the molecule is NC(=S)CCOc1ccc2ocnc2c1. The Morgan fingerprint density at radius 3 is 3.20 bits per heavy atom. The lowest BCUT2D eigenvalue weighted by molar-refractivity contribution is 0.330. The van der Waals surface area contributed by atoms with Crippen LogP contribution >= 0.6 is 12.2 Å². The van der Waals surface area contributed by atoms with E-state index in [4.69, 9.17) is 27.1 Å². The zero-order chi connectivity index (χ0) is 10.7. The van der Waals surface area contributed by atoms with E-state index < -0.39 is 0 Å². The van der Waals surface area contributed by atoms with Crippen molar-refractivity contribution in [2.75, 3.05) is 6.61 Å². The van der Waals surface area contributed by atoms with Crippen LogP contribution in [0, 0.1) is 0 Å². The second kappa shape index (κ2) is 4.27. The molecule has 4 nitrogen and oxygen atoms in total. The van der Waals surface area contributed by atoms with Crippen LogP contribution in [0.4, 0.5) is 0 Å². The van der Waals surface area contributed by atoms with Gasteiger partial charge in [0.05, 0.1) is 11.6 Å². The zero-order valence-corrected chi connectivity index (χ0v) is 8.79. The van der Waals surface area contributed by atoms with E-state index in [0.29, 0.717) is 18.0 Å². The first kappa shape index (κ1) is 9.92. The van der Waals surface area contributed by atoms with Crippen LogP contribution in [0.25, 0.3) is 11.1 Å². The number of thiocarbonyl (C=S) groups is 1. The van der Waals surface area contributed by atoms with E-state index in [1.807, 2.05) is 18.2 Å². The number of benzene rings is 1. The van der Waals surface area contributed by atoms with Crippen molar-refractivity contribution in [3.05, 3.63) is 24.6 Å². The Bertz CT molecular complexity index is 481. The fourth-order valence-corrected chi connectivity index (χ4v) is 1.28. The quantitative estimate of drug-likeness (QED) is 0.800. The summed E-state index contributed by atoms with van der Waals surface area (Å²) in [5, 5.41) is 0. The van der Waals surface area contributed by atoms with Gasteiger partial charge in [0, 0.05) is 12.5 Å². The van der Waals surface area contributed by atoms with Gasteiger partial charge in [0.15, 0.2) is 12.0 Å². The van der Waals surface area contributed by atoms with Gasteiger partial charge in [-0.3, -0.25) is 0 Å². The molecule has 1 heterocycles. The third-order valence-corrected chi connectivity index (χ3v) is 2.12. The first-order chi connectivity index (χ1) is 7.25. The van der Waals surface area contributed by atoms with E-state index in [2.05, 4.69) is 4.98 Å². The molecule has 0 spiro atoms. The van der Waals surface area contributed by atoms with E-state index in [0.717, 1.165) is 16.8 Å². The molecule has 2 aromatic rings. The minimum atomic E-state index is 0.456. The molecule has 5 heteroatoms. The Kier molecular flexibility index (Phi) is 2.82. The van der Waals surface area contributed by atoms with Gasteiger partial charge in [0.25, 0.3) is 0 Å². The van der Waals surface area contributed by atoms with Crippen molar-refractivity contribution in [2.24, 2.45) is 5.73 Å². The van der Waals surface area contributed by atoms with Gasteiger partial charge in [-0.25, -0.2) is 4.98 Å². The van der Waals surface area contributed by atoms with Gasteiger partial charge < -0.3 is 14.9 Å². The zero-order valence-electron chi connectivity index (χ0n) is 7.97. The number of hydrogen-bond acceptors (Lipinski definition) is 4. The number of aromatic nitrogens is 1. The summed E-state index contributed by atoms with van der Waals surface area (Å²) in [6.07, 6.45) is 1.98. The highest BCUT2D eigenvalue weighted by Crippen LogP contribution is 2.19. The number of fused-ring (bicyclic) bond motifs is 1. The van der Waals surface area contributed by atoms with Crippen molar-refractivity contribution in [1.29, 1.82) is 0 Å². The van der Waals surface area contributed by atoms with Crippen molar-refractivity contribution >= 4 is 28.3 Å². The lowest BCUT2D eigenvalue weighted by Gasteiger charge is -2.04. The molecule has 0 fully saturated rings. The molecule has 0 aliphatic carbocycles. The fraction of sp³-hybridized carbons (Fsp3) is 0.200. The summed E-state index contributed by atoms with van der Waals surface area (Å²) in [4.78, 5) is 4.48. The summed E-state index contributed by atoms with van der Waals surface area (Å²) in [6, 6.07) is 5.46. The fourth-order valence-electron chi connectivity index (χ4n) is 1.20. The van der Waals surface area contributed by atoms with Gasteiger partial charge in [-0.1, -0.05) is 12.2 Å². The molecule has 2 rings (SSSR count). The van der Waals surface area contributed by atoms with Gasteiger partial charge in [-0.15, -0.1) is 0 Å². The summed E-state index contributed by atoms with van der Waals surface area (Å²) in [5.74, 6) is 0.743. The minimum absolute atomic E-state index is 0.456. The van der Waals surface area contributed by atoms with Crippen molar-refractivity contribution in [3.63, 3.8) is 0 Å². The van der Waals surface area contributed by atoms with Crippen LogP contribution in [0.1, 0.15) is 6.42 Å². The van der Waals surface area contributed by atoms with Gasteiger partial charge in [0.1, 0.15) is 11.3 Å². The lowest BCUT2D eigenvalue weighted by atomic mass is 10.3. The van der Waals surface area contributed by atoms with Crippen molar-refractivity contribution < 1.29 is 9.15 Å². The number of oxazole rings is 1. The second-order valence-corrected chi connectivity index (χ2v) is 3.57. The molecular formula is C10H10N2O2S. The van der Waals surface area contributed by atoms with Gasteiger partial charge in [0.2, 0.25) is 0 Å². The van der Waals surface area contributed by atoms with Crippen LogP contribution < -0.4 is 10.5 Å². The van der Waals surface area contributed by atoms with Crippen molar-refractivity contribution in [3.8, 4) is 5.75 Å². The lowest BCUT2D eigenvalue weighted by Crippen LogP contribution is -2.12. The molecule has 0 unspecified atom stereocenters. The molecule has 15 heavy (non-hydrogen) atoms. The molecular weight excluding hydrogens is 212 g/mol. The molecule has 78 valence electrons. The van der Waals surface area contributed by atoms with Gasteiger partial charge in [-0.05, 0) is 12.1 Å². The molecule has 0 aliphatic heterocycles.